The number of rotatable bonds is 8. The Balaban J connectivity index is 1.94. The van der Waals surface area contributed by atoms with Crippen LogP contribution in [0.4, 0.5) is 0 Å². The number of hydrogen-bond acceptors (Lipinski definition) is 4. The Hall–Kier alpha value is -1.99. The lowest BCUT2D eigenvalue weighted by Crippen LogP contribution is -2.30. The molecule has 1 unspecified atom stereocenters. The van der Waals surface area contributed by atoms with Gasteiger partial charge in [-0.1, -0.05) is 36.4 Å². The van der Waals surface area contributed by atoms with Crippen molar-refractivity contribution in [3.8, 4) is 5.69 Å². The van der Waals surface area contributed by atoms with E-state index in [-0.39, 0.29) is 24.0 Å². The van der Waals surface area contributed by atoms with Gasteiger partial charge in [0.25, 0.3) is 0 Å². The molecule has 8 heteroatoms. The molecule has 1 amide bonds. The number of amides is 1. The van der Waals surface area contributed by atoms with Gasteiger partial charge in [-0.3, -0.25) is 14.2 Å². The normalized spacial score (nSPS) is 12.0. The molecule has 0 fully saturated rings. The van der Waals surface area contributed by atoms with Gasteiger partial charge in [0.1, 0.15) is 0 Å². The van der Waals surface area contributed by atoms with Crippen molar-refractivity contribution in [2.45, 2.75) is 25.4 Å². The van der Waals surface area contributed by atoms with Crippen LogP contribution in [-0.4, -0.2) is 38.8 Å². The minimum absolute atomic E-state index is 0.0336. The number of halogens is 1. The van der Waals surface area contributed by atoms with E-state index >= 15 is 0 Å². The van der Waals surface area contributed by atoms with Crippen LogP contribution in [-0.2, 0) is 9.59 Å². The van der Waals surface area contributed by atoms with Crippen molar-refractivity contribution in [2.24, 2.45) is 5.92 Å². The monoisotopic (exact) mass is 381 g/mol. The fraction of sp³-hybridized carbons (Fsp3) is 0.353. The fourth-order valence-electron chi connectivity index (χ4n) is 2.28. The van der Waals surface area contributed by atoms with E-state index in [1.807, 2.05) is 35.9 Å². The van der Waals surface area contributed by atoms with E-state index in [2.05, 4.69) is 10.3 Å². The van der Waals surface area contributed by atoms with Crippen molar-refractivity contribution in [1.82, 2.24) is 14.9 Å². The molecule has 0 saturated carbocycles. The van der Waals surface area contributed by atoms with E-state index < -0.39 is 5.97 Å². The van der Waals surface area contributed by atoms with Crippen LogP contribution in [0, 0.1) is 12.8 Å². The second-order valence-corrected chi connectivity index (χ2v) is 7.11. The summed E-state index contributed by atoms with van der Waals surface area (Å²) in [6, 6.07) is 5.64. The van der Waals surface area contributed by atoms with Gasteiger partial charge in [-0.15, -0.1) is 0 Å². The van der Waals surface area contributed by atoms with Crippen molar-refractivity contribution in [1.29, 1.82) is 0 Å². The standard InChI is InChI=1S/C17H20ClN3O3S/c1-11(8-16(23)24)9-20-15(22)10-25-17-19-6-7-21(17)14-5-3-4-13(18)12(14)2/h3-7,11H,8-10H2,1-2H3,(H,20,22)(H,23,24). The number of nitrogens with zero attached hydrogens (tertiary/aromatic N) is 2. The van der Waals surface area contributed by atoms with E-state index in [1.165, 1.54) is 11.8 Å². The van der Waals surface area contributed by atoms with Crippen molar-refractivity contribution >= 4 is 35.2 Å². The lowest BCUT2D eigenvalue weighted by molar-refractivity contribution is -0.138. The first-order valence-electron chi connectivity index (χ1n) is 7.78. The molecule has 0 spiro atoms. The Labute approximate surface area is 155 Å². The number of carbonyl (C=O) groups excluding carboxylic acids is 1. The Morgan fingerprint density at radius 2 is 2.20 bits per heavy atom. The first kappa shape index (κ1) is 19.3. The molecule has 0 aliphatic heterocycles. The van der Waals surface area contributed by atoms with Crippen LogP contribution in [0.2, 0.25) is 5.02 Å². The molecular weight excluding hydrogens is 362 g/mol. The number of carboxylic acid groups (broad SMARTS) is 1. The molecule has 134 valence electrons. The fourth-order valence-corrected chi connectivity index (χ4v) is 3.24. The smallest absolute Gasteiger partial charge is 0.303 e. The van der Waals surface area contributed by atoms with E-state index in [4.69, 9.17) is 16.7 Å². The molecule has 0 radical (unpaired) electrons. The average Bonchev–Trinajstić information content (AvgIpc) is 3.01. The highest BCUT2D eigenvalue weighted by atomic mass is 35.5. The second kappa shape index (κ2) is 8.92. The highest BCUT2D eigenvalue weighted by Crippen LogP contribution is 2.26. The summed E-state index contributed by atoms with van der Waals surface area (Å²) in [6.45, 7) is 4.06. The zero-order chi connectivity index (χ0) is 18.4. The van der Waals surface area contributed by atoms with Crippen LogP contribution in [0.3, 0.4) is 0 Å². The quantitative estimate of drug-likeness (QED) is 0.686. The van der Waals surface area contributed by atoms with Gasteiger partial charge in [-0.05, 0) is 30.5 Å². The van der Waals surface area contributed by atoms with E-state index in [9.17, 15) is 9.59 Å². The summed E-state index contributed by atoms with van der Waals surface area (Å²) in [5.74, 6) is -0.923. The number of aliphatic carboxylic acids is 1. The van der Waals surface area contributed by atoms with Gasteiger partial charge in [0.05, 0.1) is 11.4 Å². The van der Waals surface area contributed by atoms with E-state index in [0.29, 0.717) is 16.7 Å². The number of hydrogen-bond donors (Lipinski definition) is 2. The van der Waals surface area contributed by atoms with Crippen LogP contribution >= 0.6 is 23.4 Å². The van der Waals surface area contributed by atoms with Crippen molar-refractivity contribution in [3.63, 3.8) is 0 Å². The SMILES string of the molecule is Cc1c(Cl)cccc1-n1ccnc1SCC(=O)NCC(C)CC(=O)O. The maximum atomic E-state index is 12.0. The third-order valence-electron chi connectivity index (χ3n) is 3.61. The van der Waals surface area contributed by atoms with Gasteiger partial charge in [-0.2, -0.15) is 0 Å². The van der Waals surface area contributed by atoms with Crippen molar-refractivity contribution in [2.75, 3.05) is 12.3 Å². The Kier molecular flexibility index (Phi) is 6.90. The van der Waals surface area contributed by atoms with Crippen molar-refractivity contribution < 1.29 is 14.7 Å². The third kappa shape index (κ3) is 5.51. The lowest BCUT2D eigenvalue weighted by atomic mass is 10.1. The molecule has 6 nitrogen and oxygen atoms in total. The summed E-state index contributed by atoms with van der Waals surface area (Å²) in [5.41, 5.74) is 1.86. The summed E-state index contributed by atoms with van der Waals surface area (Å²) in [7, 11) is 0. The number of carboxylic acids is 1. The molecule has 0 aliphatic rings. The van der Waals surface area contributed by atoms with E-state index in [0.717, 1.165) is 11.3 Å². The van der Waals surface area contributed by atoms with Gasteiger partial charge in [0, 0.05) is 30.4 Å². The average molecular weight is 382 g/mol. The topological polar surface area (TPSA) is 84.2 Å². The molecule has 25 heavy (non-hydrogen) atoms. The summed E-state index contributed by atoms with van der Waals surface area (Å²) >= 11 is 7.49. The minimum Gasteiger partial charge on any atom is -0.481 e. The lowest BCUT2D eigenvalue weighted by Gasteiger charge is -2.12. The predicted molar refractivity (Wildman–Crippen MR) is 98.5 cm³/mol. The molecule has 1 atom stereocenters. The maximum absolute atomic E-state index is 12.0. The summed E-state index contributed by atoms with van der Waals surface area (Å²) in [6.07, 6.45) is 3.54. The maximum Gasteiger partial charge on any atom is 0.303 e. The zero-order valence-corrected chi connectivity index (χ0v) is 15.6. The molecule has 0 aliphatic carbocycles. The second-order valence-electron chi connectivity index (χ2n) is 5.76. The van der Waals surface area contributed by atoms with Gasteiger partial charge >= 0.3 is 5.97 Å². The summed E-state index contributed by atoms with van der Waals surface area (Å²) < 4.78 is 1.90. The van der Waals surface area contributed by atoms with Gasteiger partial charge < -0.3 is 10.4 Å². The van der Waals surface area contributed by atoms with Crippen molar-refractivity contribution in [3.05, 3.63) is 41.2 Å². The van der Waals surface area contributed by atoms with Crippen LogP contribution in [0.15, 0.2) is 35.7 Å². The highest BCUT2D eigenvalue weighted by Gasteiger charge is 2.13. The summed E-state index contributed by atoms with van der Waals surface area (Å²) in [5, 5.41) is 12.8. The molecule has 0 bridgehead atoms. The Morgan fingerprint density at radius 3 is 2.92 bits per heavy atom. The summed E-state index contributed by atoms with van der Waals surface area (Å²) in [4.78, 5) is 26.9. The molecule has 1 aromatic carbocycles. The molecule has 2 rings (SSSR count). The molecule has 2 N–H and O–H groups in total. The minimum atomic E-state index is -0.866. The van der Waals surface area contributed by atoms with Crippen LogP contribution in [0.25, 0.3) is 5.69 Å². The molecule has 2 aromatic rings. The molecule has 1 aromatic heterocycles. The van der Waals surface area contributed by atoms with Gasteiger partial charge in [0.15, 0.2) is 5.16 Å². The van der Waals surface area contributed by atoms with Gasteiger partial charge in [0.2, 0.25) is 5.91 Å². The number of carbonyl (C=O) groups is 2. The zero-order valence-electron chi connectivity index (χ0n) is 14.0. The Bertz CT molecular complexity index is 763. The Morgan fingerprint density at radius 1 is 1.44 bits per heavy atom. The number of nitrogens with one attached hydrogen (secondary N) is 1. The predicted octanol–water partition coefficient (Wildman–Crippen LogP) is 3.15. The number of benzene rings is 1. The number of imidazole rings is 1. The van der Waals surface area contributed by atoms with Crippen LogP contribution in [0.1, 0.15) is 18.9 Å². The molecule has 1 heterocycles. The molecular formula is C17H20ClN3O3S. The van der Waals surface area contributed by atoms with E-state index in [1.54, 1.807) is 13.1 Å². The number of aromatic nitrogens is 2. The number of thioether (sulfide) groups is 1. The largest absolute Gasteiger partial charge is 0.481 e. The highest BCUT2D eigenvalue weighted by molar-refractivity contribution is 7.99. The van der Waals surface area contributed by atoms with Gasteiger partial charge in [-0.25, -0.2) is 4.98 Å². The van der Waals surface area contributed by atoms with Crippen LogP contribution < -0.4 is 5.32 Å². The molecule has 0 saturated heterocycles. The van der Waals surface area contributed by atoms with Crippen LogP contribution in [0.5, 0.6) is 0 Å². The third-order valence-corrected chi connectivity index (χ3v) is 4.98. The first-order valence-corrected chi connectivity index (χ1v) is 9.15. The first-order chi connectivity index (χ1) is 11.9.